The molecule has 0 amide bonds. The highest BCUT2D eigenvalue weighted by atomic mass is 15.3. The molecule has 10 aromatic carbocycles. The number of benzene rings is 10. The maximum absolute atomic E-state index is 5.65. The SMILES string of the molecule is c1ccc(-c2cc(-c3c(N4c5ccccc5N(c5nc(-c6ccccc6)cc(-c6ccccc6)n5)c5ccccc54)ccc(-c4nc(-c5ccccc5)cc(-c5ccccc5)n4)c3-c3ccccc3)nc(-c3ccccc3)n2)cc1. The molecule has 80 heavy (non-hydrogen) atoms. The predicted molar refractivity (Wildman–Crippen MR) is 325 cm³/mol. The Labute approximate surface area is 464 Å². The summed E-state index contributed by atoms with van der Waals surface area (Å²) in [5.41, 5.74) is 18.7. The minimum absolute atomic E-state index is 0.547. The van der Waals surface area contributed by atoms with Crippen LogP contribution in [0.4, 0.5) is 34.4 Å². The van der Waals surface area contributed by atoms with Crippen LogP contribution < -0.4 is 9.80 Å². The summed E-state index contributed by atoms with van der Waals surface area (Å²) in [5.74, 6) is 1.72. The van der Waals surface area contributed by atoms with Crippen molar-refractivity contribution in [2.24, 2.45) is 0 Å². The van der Waals surface area contributed by atoms with E-state index in [0.717, 1.165) is 118 Å². The molecule has 0 aliphatic carbocycles. The van der Waals surface area contributed by atoms with E-state index in [0.29, 0.717) is 17.6 Å². The zero-order valence-electron chi connectivity index (χ0n) is 43.3. The first-order valence-electron chi connectivity index (χ1n) is 26.7. The standard InChI is InChI=1S/C72H48N8/c1-8-26-49(27-9-1)57-46-58(50-28-10-2-11-29-50)75-71(74-57)56-44-45-67(69(68(56)54-36-18-6-19-37-54)62-48-59(51-30-12-3-13-31-51)73-70(76-62)55-38-20-7-21-39-55)79-63-40-22-24-42-65(63)80(66-43-25-23-41-64(66)79)72-77-60(52-32-14-4-15-33-52)47-61(78-72)53-34-16-5-17-35-53/h1-48H. The number of rotatable bonds is 11. The number of anilines is 6. The molecule has 0 saturated heterocycles. The predicted octanol–water partition coefficient (Wildman–Crippen LogP) is 18.3. The van der Waals surface area contributed by atoms with Crippen molar-refractivity contribution in [2.75, 3.05) is 9.80 Å². The summed E-state index contributed by atoms with van der Waals surface area (Å²) in [4.78, 5) is 37.3. The summed E-state index contributed by atoms with van der Waals surface area (Å²) in [6.07, 6.45) is 0. The van der Waals surface area contributed by atoms with E-state index in [2.05, 4.69) is 228 Å². The Balaban J connectivity index is 1.07. The molecular formula is C72H48N8. The normalized spacial score (nSPS) is 11.7. The number of aromatic nitrogens is 6. The second kappa shape index (κ2) is 20.9. The Kier molecular flexibility index (Phi) is 12.4. The molecule has 8 nitrogen and oxygen atoms in total. The number of para-hydroxylation sites is 4. The lowest BCUT2D eigenvalue weighted by Crippen LogP contribution is -2.26. The molecule has 0 spiro atoms. The molecule has 3 aromatic heterocycles. The van der Waals surface area contributed by atoms with Gasteiger partial charge < -0.3 is 4.90 Å². The molecular weight excluding hydrogens is 977 g/mol. The number of hydrogen-bond acceptors (Lipinski definition) is 8. The summed E-state index contributed by atoms with van der Waals surface area (Å²) in [5, 5.41) is 0. The average Bonchev–Trinajstić information content (AvgIpc) is 3.66. The van der Waals surface area contributed by atoms with Gasteiger partial charge in [-0.05, 0) is 60.2 Å². The molecule has 1 aliphatic heterocycles. The third-order valence-corrected chi connectivity index (χ3v) is 14.5. The quantitative estimate of drug-likeness (QED) is 0.127. The van der Waals surface area contributed by atoms with Gasteiger partial charge in [0.25, 0.3) is 0 Å². The van der Waals surface area contributed by atoms with E-state index >= 15 is 0 Å². The van der Waals surface area contributed by atoms with Crippen molar-refractivity contribution in [3.63, 3.8) is 0 Å². The van der Waals surface area contributed by atoms with Gasteiger partial charge >= 0.3 is 0 Å². The minimum Gasteiger partial charge on any atom is -0.306 e. The van der Waals surface area contributed by atoms with Gasteiger partial charge in [-0.2, -0.15) is 0 Å². The van der Waals surface area contributed by atoms with Gasteiger partial charge in [0, 0.05) is 50.1 Å². The highest BCUT2D eigenvalue weighted by molar-refractivity contribution is 6.07. The van der Waals surface area contributed by atoms with Crippen molar-refractivity contribution in [1.82, 2.24) is 29.9 Å². The first-order valence-corrected chi connectivity index (χ1v) is 26.7. The Morgan fingerprint density at radius 2 is 0.500 bits per heavy atom. The van der Waals surface area contributed by atoms with Crippen LogP contribution in [0.5, 0.6) is 0 Å². The second-order valence-electron chi connectivity index (χ2n) is 19.5. The number of hydrogen-bond donors (Lipinski definition) is 0. The fourth-order valence-corrected chi connectivity index (χ4v) is 10.7. The zero-order chi connectivity index (χ0) is 53.2. The molecule has 8 heteroatoms. The summed E-state index contributed by atoms with van der Waals surface area (Å²) in [6, 6.07) is 100. The molecule has 0 unspecified atom stereocenters. The first-order chi connectivity index (χ1) is 39.7. The van der Waals surface area contributed by atoms with E-state index in [-0.39, 0.29) is 0 Å². The van der Waals surface area contributed by atoms with Gasteiger partial charge in [-0.3, -0.25) is 4.90 Å². The van der Waals surface area contributed by atoms with Crippen LogP contribution in [0.25, 0.3) is 101 Å². The van der Waals surface area contributed by atoms with E-state index in [1.807, 2.05) is 72.8 Å². The summed E-state index contributed by atoms with van der Waals surface area (Å²) in [6.45, 7) is 0. The van der Waals surface area contributed by atoms with Gasteiger partial charge in [-0.1, -0.05) is 237 Å². The van der Waals surface area contributed by atoms with Crippen LogP contribution in [0.3, 0.4) is 0 Å². The summed E-state index contributed by atoms with van der Waals surface area (Å²) in [7, 11) is 0. The molecule has 376 valence electrons. The fourth-order valence-electron chi connectivity index (χ4n) is 10.7. The molecule has 14 rings (SSSR count). The maximum Gasteiger partial charge on any atom is 0.235 e. The van der Waals surface area contributed by atoms with Gasteiger partial charge in [0.15, 0.2) is 11.6 Å². The third kappa shape index (κ3) is 9.02. The van der Waals surface area contributed by atoms with E-state index < -0.39 is 0 Å². The topological polar surface area (TPSA) is 83.8 Å². The third-order valence-electron chi connectivity index (χ3n) is 14.5. The van der Waals surface area contributed by atoms with E-state index in [4.69, 9.17) is 29.9 Å². The van der Waals surface area contributed by atoms with Crippen molar-refractivity contribution < 1.29 is 0 Å². The van der Waals surface area contributed by atoms with E-state index in [1.165, 1.54) is 0 Å². The summed E-state index contributed by atoms with van der Waals surface area (Å²) < 4.78 is 0. The van der Waals surface area contributed by atoms with E-state index in [1.54, 1.807) is 0 Å². The van der Waals surface area contributed by atoms with Crippen LogP contribution in [0, 0.1) is 0 Å². The highest BCUT2D eigenvalue weighted by Gasteiger charge is 2.35. The van der Waals surface area contributed by atoms with Crippen LogP contribution in [0.15, 0.2) is 291 Å². The first kappa shape index (κ1) is 47.5. The largest absolute Gasteiger partial charge is 0.306 e. The van der Waals surface area contributed by atoms with Crippen LogP contribution in [-0.4, -0.2) is 29.9 Å². The fraction of sp³-hybridized carbons (Fsp3) is 0. The maximum atomic E-state index is 5.65. The zero-order valence-corrected chi connectivity index (χ0v) is 43.3. The smallest absolute Gasteiger partial charge is 0.235 e. The Morgan fingerprint density at radius 3 is 0.900 bits per heavy atom. The molecule has 0 bridgehead atoms. The van der Waals surface area contributed by atoms with Crippen molar-refractivity contribution in [3.8, 4) is 101 Å². The molecule has 0 N–H and O–H groups in total. The number of nitrogens with zero attached hydrogens (tertiary/aromatic N) is 8. The summed E-state index contributed by atoms with van der Waals surface area (Å²) >= 11 is 0. The lowest BCUT2D eigenvalue weighted by molar-refractivity contribution is 1.06. The Hall–Kier alpha value is -11.0. The van der Waals surface area contributed by atoms with Crippen LogP contribution in [0.2, 0.25) is 0 Å². The average molecular weight is 1030 g/mol. The monoisotopic (exact) mass is 1020 g/mol. The molecule has 0 fully saturated rings. The molecule has 13 aromatic rings. The van der Waals surface area contributed by atoms with E-state index in [9.17, 15) is 0 Å². The lowest BCUT2D eigenvalue weighted by atomic mass is 9.88. The van der Waals surface area contributed by atoms with Crippen LogP contribution in [0.1, 0.15) is 0 Å². The van der Waals surface area contributed by atoms with Gasteiger partial charge in [0.2, 0.25) is 5.95 Å². The van der Waals surface area contributed by atoms with Gasteiger partial charge in [-0.15, -0.1) is 0 Å². The van der Waals surface area contributed by atoms with Gasteiger partial charge in [-0.25, -0.2) is 29.9 Å². The van der Waals surface area contributed by atoms with Crippen LogP contribution >= 0.6 is 0 Å². The minimum atomic E-state index is 0.547. The lowest BCUT2D eigenvalue weighted by Gasteiger charge is -2.40. The Bertz CT molecular complexity index is 4120. The molecule has 1 aliphatic rings. The molecule has 4 heterocycles. The Morgan fingerprint density at radius 1 is 0.200 bits per heavy atom. The molecule has 0 radical (unpaired) electrons. The van der Waals surface area contributed by atoms with Crippen molar-refractivity contribution in [2.45, 2.75) is 0 Å². The molecule has 0 saturated carbocycles. The second-order valence-corrected chi connectivity index (χ2v) is 19.5. The highest BCUT2D eigenvalue weighted by Crippen LogP contribution is 2.57. The molecule has 0 atom stereocenters. The number of fused-ring (bicyclic) bond motifs is 2. The van der Waals surface area contributed by atoms with Crippen molar-refractivity contribution >= 4 is 34.4 Å². The van der Waals surface area contributed by atoms with Crippen LogP contribution in [-0.2, 0) is 0 Å². The van der Waals surface area contributed by atoms with Crippen molar-refractivity contribution in [3.05, 3.63) is 291 Å². The van der Waals surface area contributed by atoms with Gasteiger partial charge in [0.1, 0.15) is 0 Å². The van der Waals surface area contributed by atoms with Crippen molar-refractivity contribution in [1.29, 1.82) is 0 Å². The van der Waals surface area contributed by atoms with Gasteiger partial charge in [0.05, 0.1) is 62.6 Å².